The van der Waals surface area contributed by atoms with Gasteiger partial charge < -0.3 is 15.0 Å². The largest absolute Gasteiger partial charge is 0.497 e. The smallest absolute Gasteiger partial charge is 0.264 e. The number of hydrogen-bond donors (Lipinski definition) is 1. The molecular weight excluding hydrogens is 623 g/mol. The van der Waals surface area contributed by atoms with Crippen LogP contribution in [0, 0.1) is 13.8 Å². The third kappa shape index (κ3) is 8.83. The van der Waals surface area contributed by atoms with E-state index < -0.39 is 28.5 Å². The molecule has 1 aliphatic carbocycles. The minimum absolute atomic E-state index is 0.0257. The molecule has 0 bridgehead atoms. The Morgan fingerprint density at radius 2 is 1.48 bits per heavy atom. The lowest BCUT2D eigenvalue weighted by atomic mass is 9.94. The quantitative estimate of drug-likeness (QED) is 0.174. The fourth-order valence-electron chi connectivity index (χ4n) is 6.22. The molecule has 1 N–H and O–H groups in total. The zero-order valence-corrected chi connectivity index (χ0v) is 28.8. The van der Waals surface area contributed by atoms with E-state index in [1.165, 1.54) is 19.2 Å². The number of methoxy groups -OCH3 is 1. The number of nitrogens with one attached hydrogen (secondary N) is 1. The minimum atomic E-state index is -4.20. The lowest BCUT2D eigenvalue weighted by molar-refractivity contribution is -0.140. The summed E-state index contributed by atoms with van der Waals surface area (Å²) in [6.07, 6.45) is 5.33. The van der Waals surface area contributed by atoms with Gasteiger partial charge in [-0.25, -0.2) is 8.42 Å². The van der Waals surface area contributed by atoms with Crippen molar-refractivity contribution in [2.45, 2.75) is 75.9 Å². The van der Waals surface area contributed by atoms with Gasteiger partial charge in [0.05, 0.1) is 17.7 Å². The zero-order valence-electron chi connectivity index (χ0n) is 28.0. The zero-order chi connectivity index (χ0) is 34.1. The molecule has 4 aromatic carbocycles. The number of nitrogens with zero attached hydrogens (tertiary/aromatic N) is 2. The van der Waals surface area contributed by atoms with Gasteiger partial charge >= 0.3 is 0 Å². The molecule has 2 amide bonds. The van der Waals surface area contributed by atoms with Crippen LogP contribution < -0.4 is 14.4 Å². The van der Waals surface area contributed by atoms with Crippen LogP contribution in [0.4, 0.5) is 5.69 Å². The highest BCUT2D eigenvalue weighted by Gasteiger charge is 2.35. The van der Waals surface area contributed by atoms with E-state index in [0.29, 0.717) is 11.4 Å². The van der Waals surface area contributed by atoms with E-state index in [1.807, 2.05) is 80.6 Å². The summed E-state index contributed by atoms with van der Waals surface area (Å²) in [5.41, 5.74) is 4.09. The first-order valence-corrected chi connectivity index (χ1v) is 18.0. The van der Waals surface area contributed by atoms with Gasteiger partial charge in [-0.1, -0.05) is 97.1 Å². The molecule has 0 radical (unpaired) electrons. The maximum absolute atomic E-state index is 14.7. The van der Waals surface area contributed by atoms with Gasteiger partial charge in [0.2, 0.25) is 11.8 Å². The molecule has 5 rings (SSSR count). The molecule has 9 heteroatoms. The summed E-state index contributed by atoms with van der Waals surface area (Å²) < 4.78 is 34.9. The molecular formula is C39H45N3O5S. The second-order valence-corrected chi connectivity index (χ2v) is 14.4. The van der Waals surface area contributed by atoms with Crippen molar-refractivity contribution in [2.24, 2.45) is 0 Å². The van der Waals surface area contributed by atoms with Gasteiger partial charge in [-0.15, -0.1) is 0 Å². The van der Waals surface area contributed by atoms with Gasteiger partial charge in [0, 0.05) is 19.0 Å². The summed E-state index contributed by atoms with van der Waals surface area (Å²) in [7, 11) is -2.68. The maximum Gasteiger partial charge on any atom is 0.264 e. The molecule has 4 aromatic rings. The summed E-state index contributed by atoms with van der Waals surface area (Å²) in [5.74, 6) is -0.190. The molecule has 1 atom stereocenters. The van der Waals surface area contributed by atoms with Crippen molar-refractivity contribution in [1.82, 2.24) is 10.2 Å². The van der Waals surface area contributed by atoms with Gasteiger partial charge in [0.1, 0.15) is 18.3 Å². The topological polar surface area (TPSA) is 96.0 Å². The first-order valence-electron chi connectivity index (χ1n) is 16.6. The Morgan fingerprint density at radius 1 is 0.812 bits per heavy atom. The lowest BCUT2D eigenvalue weighted by Gasteiger charge is -2.35. The highest BCUT2D eigenvalue weighted by Crippen LogP contribution is 2.27. The number of amides is 2. The van der Waals surface area contributed by atoms with E-state index in [2.05, 4.69) is 5.32 Å². The predicted molar refractivity (Wildman–Crippen MR) is 189 cm³/mol. The van der Waals surface area contributed by atoms with Crippen molar-refractivity contribution in [3.8, 4) is 5.75 Å². The normalized spacial score (nSPS) is 14.1. The first-order chi connectivity index (χ1) is 23.1. The van der Waals surface area contributed by atoms with Crippen molar-refractivity contribution in [3.63, 3.8) is 0 Å². The van der Waals surface area contributed by atoms with Gasteiger partial charge in [-0.2, -0.15) is 0 Å². The number of hydrogen-bond acceptors (Lipinski definition) is 5. The second kappa shape index (κ2) is 16.0. The second-order valence-electron chi connectivity index (χ2n) is 12.6. The van der Waals surface area contributed by atoms with E-state index in [0.717, 1.165) is 58.7 Å². The van der Waals surface area contributed by atoms with Crippen LogP contribution in [0.2, 0.25) is 0 Å². The summed E-state index contributed by atoms with van der Waals surface area (Å²) >= 11 is 0. The Labute approximate surface area is 284 Å². The Bertz CT molecular complexity index is 1770. The Balaban J connectivity index is 1.56. The first kappa shape index (κ1) is 34.7. The number of anilines is 1. The van der Waals surface area contributed by atoms with Crippen LogP contribution >= 0.6 is 0 Å². The van der Waals surface area contributed by atoms with Crippen molar-refractivity contribution < 1.29 is 22.7 Å². The third-order valence-electron chi connectivity index (χ3n) is 8.91. The Kier molecular flexibility index (Phi) is 11.5. The van der Waals surface area contributed by atoms with E-state index in [-0.39, 0.29) is 29.8 Å². The number of aryl methyl sites for hydroxylation is 2. The average molecular weight is 668 g/mol. The number of carbonyl (C=O) groups is 2. The summed E-state index contributed by atoms with van der Waals surface area (Å²) in [6, 6.07) is 29.8. The van der Waals surface area contributed by atoms with Crippen molar-refractivity contribution in [1.29, 1.82) is 0 Å². The lowest BCUT2D eigenvalue weighted by Crippen LogP contribution is -2.55. The molecule has 1 saturated carbocycles. The Hall–Kier alpha value is -4.63. The molecule has 0 spiro atoms. The molecule has 8 nitrogen and oxygen atoms in total. The van der Waals surface area contributed by atoms with E-state index in [9.17, 15) is 18.0 Å². The molecule has 0 heterocycles. The van der Waals surface area contributed by atoms with Crippen molar-refractivity contribution in [3.05, 3.63) is 125 Å². The highest BCUT2D eigenvalue weighted by atomic mass is 32.2. The molecule has 0 saturated heterocycles. The maximum atomic E-state index is 14.7. The van der Waals surface area contributed by atoms with Crippen LogP contribution in [0.15, 0.2) is 108 Å². The predicted octanol–water partition coefficient (Wildman–Crippen LogP) is 6.60. The van der Waals surface area contributed by atoms with Crippen LogP contribution in [0.3, 0.4) is 0 Å². The number of carbonyl (C=O) groups excluding carboxylic acids is 2. The molecule has 0 aliphatic heterocycles. The van der Waals surface area contributed by atoms with Crippen LogP contribution in [0.25, 0.3) is 0 Å². The summed E-state index contributed by atoms with van der Waals surface area (Å²) in [6.45, 7) is 3.54. The van der Waals surface area contributed by atoms with Crippen LogP contribution in [-0.2, 0) is 32.6 Å². The fraction of sp³-hybridized carbons (Fsp3) is 0.333. The third-order valence-corrected chi connectivity index (χ3v) is 10.7. The number of ether oxygens (including phenoxy) is 1. The molecule has 48 heavy (non-hydrogen) atoms. The van der Waals surface area contributed by atoms with Crippen LogP contribution in [0.5, 0.6) is 5.75 Å². The molecule has 0 unspecified atom stereocenters. The van der Waals surface area contributed by atoms with Gasteiger partial charge in [-0.3, -0.25) is 13.9 Å². The number of benzene rings is 4. The molecule has 1 aliphatic rings. The average Bonchev–Trinajstić information content (AvgIpc) is 3.10. The van der Waals surface area contributed by atoms with E-state index >= 15 is 0 Å². The minimum Gasteiger partial charge on any atom is -0.497 e. The molecule has 1 fully saturated rings. The van der Waals surface area contributed by atoms with Crippen LogP contribution in [0.1, 0.15) is 54.4 Å². The van der Waals surface area contributed by atoms with Crippen molar-refractivity contribution >= 4 is 27.5 Å². The fourth-order valence-corrected chi connectivity index (χ4v) is 7.63. The van der Waals surface area contributed by atoms with Gasteiger partial charge in [-0.05, 0) is 74.2 Å². The highest BCUT2D eigenvalue weighted by molar-refractivity contribution is 7.92. The monoisotopic (exact) mass is 667 g/mol. The van der Waals surface area contributed by atoms with Gasteiger partial charge in [0.25, 0.3) is 10.0 Å². The van der Waals surface area contributed by atoms with Gasteiger partial charge in [0.15, 0.2) is 0 Å². The Morgan fingerprint density at radius 3 is 2.12 bits per heavy atom. The standard InChI is InChI=1S/C39H45N3O5S/c1-29-17-19-34(20-18-29)42(48(45,46)36-23-21-35(47-3)22-24-36)28-38(43)41(27-32-14-10-11-30(2)25-32)37(26-31-12-6-4-7-13-31)39(44)40-33-15-8-5-9-16-33/h4,6-7,10-14,17-25,33,37H,5,8-9,15-16,26-28H2,1-3H3,(H,40,44)/t37-/m0/s1. The van der Waals surface area contributed by atoms with E-state index in [1.54, 1.807) is 29.2 Å². The summed E-state index contributed by atoms with van der Waals surface area (Å²) in [4.78, 5) is 30.5. The SMILES string of the molecule is COc1ccc(S(=O)(=O)N(CC(=O)N(Cc2cccc(C)c2)[C@@H](Cc2ccccc2)C(=O)NC2CCCCC2)c2ccc(C)cc2)cc1. The number of sulfonamides is 1. The molecule has 0 aromatic heterocycles. The number of rotatable bonds is 13. The van der Waals surface area contributed by atoms with Crippen LogP contribution in [-0.4, -0.2) is 50.9 Å². The van der Waals surface area contributed by atoms with E-state index in [4.69, 9.17) is 4.74 Å². The summed E-state index contributed by atoms with van der Waals surface area (Å²) in [5, 5.41) is 3.25. The van der Waals surface area contributed by atoms with Crippen molar-refractivity contribution in [2.75, 3.05) is 18.0 Å². The molecule has 252 valence electrons.